The number of esters is 1. The Morgan fingerprint density at radius 1 is 1.10 bits per heavy atom. The predicted molar refractivity (Wildman–Crippen MR) is 214 cm³/mol. The summed E-state index contributed by atoms with van der Waals surface area (Å²) in [5.41, 5.74) is -0.176. The highest BCUT2D eigenvalue weighted by molar-refractivity contribution is 7.99. The SMILES string of the molecule is CC(C)(C)OC(=O)Nc1nc(/C(=N\OC2(C(=O)OC(c3ccccc3)c3ccccc3)CC2)C(=O)N[C@@H]2C(=O)N[C@@H]2Cn2ncc(CSC3Cn4cnc[n+]4C3)n2)cs1.[Cl-]. The monoisotopic (exact) mass is 875 g/mol. The number of rotatable bonds is 15. The fourth-order valence-electron chi connectivity index (χ4n) is 6.45. The normalized spacial score (nSPS) is 19.0. The lowest BCUT2D eigenvalue weighted by Gasteiger charge is -2.36. The van der Waals surface area contributed by atoms with E-state index < -0.39 is 53.3 Å². The number of halogens is 1. The second kappa shape index (κ2) is 17.8. The van der Waals surface area contributed by atoms with Gasteiger partial charge in [0.05, 0.1) is 36.3 Å². The van der Waals surface area contributed by atoms with Gasteiger partial charge >= 0.3 is 18.4 Å². The van der Waals surface area contributed by atoms with Crippen molar-refractivity contribution in [2.45, 2.75) is 93.6 Å². The lowest BCUT2D eigenvalue weighted by atomic mass is 9.98. The molecule has 18 nitrogen and oxygen atoms in total. The second-order valence-corrected chi connectivity index (χ2v) is 17.5. The highest BCUT2D eigenvalue weighted by Crippen LogP contribution is 2.43. The molecule has 3 aliphatic rings. The summed E-state index contributed by atoms with van der Waals surface area (Å²) >= 11 is 2.80. The number of thiazole rings is 1. The van der Waals surface area contributed by atoms with Crippen molar-refractivity contribution in [3.8, 4) is 0 Å². The minimum Gasteiger partial charge on any atom is -1.00 e. The van der Waals surface area contributed by atoms with Crippen LogP contribution in [0.4, 0.5) is 9.93 Å². The van der Waals surface area contributed by atoms with Gasteiger partial charge in [-0.2, -0.15) is 24.4 Å². The molecule has 60 heavy (non-hydrogen) atoms. The number of hydrogen-bond acceptors (Lipinski definition) is 14. The van der Waals surface area contributed by atoms with E-state index in [0.29, 0.717) is 23.8 Å². The zero-order valence-electron chi connectivity index (χ0n) is 32.8. The third-order valence-electron chi connectivity index (χ3n) is 9.61. The average molecular weight is 876 g/mol. The van der Waals surface area contributed by atoms with Crippen LogP contribution in [0.2, 0.25) is 0 Å². The van der Waals surface area contributed by atoms with Crippen LogP contribution in [0.3, 0.4) is 0 Å². The van der Waals surface area contributed by atoms with Crippen LogP contribution >= 0.6 is 23.1 Å². The Labute approximate surface area is 358 Å². The third-order valence-corrected chi connectivity index (χ3v) is 11.6. The number of hydrogen-bond donors (Lipinski definition) is 3. The smallest absolute Gasteiger partial charge is 0.413 e. The van der Waals surface area contributed by atoms with Crippen molar-refractivity contribution in [3.05, 3.63) is 107 Å². The van der Waals surface area contributed by atoms with Crippen molar-refractivity contribution < 1.29 is 50.6 Å². The Kier molecular flexibility index (Phi) is 12.5. The Hall–Kier alpha value is -5.86. The lowest BCUT2D eigenvalue weighted by Crippen LogP contribution is -3.00. The molecule has 5 aromatic rings. The molecule has 0 radical (unpaired) electrons. The lowest BCUT2D eigenvalue weighted by molar-refractivity contribution is -0.758. The minimum absolute atomic E-state index is 0. The van der Waals surface area contributed by atoms with Gasteiger partial charge in [-0.25, -0.2) is 14.6 Å². The summed E-state index contributed by atoms with van der Waals surface area (Å²) in [7, 11) is 0. The van der Waals surface area contributed by atoms with Gasteiger partial charge in [0.15, 0.2) is 16.9 Å². The molecule has 1 aliphatic carbocycles. The van der Waals surface area contributed by atoms with E-state index >= 15 is 0 Å². The molecule has 2 aliphatic heterocycles. The van der Waals surface area contributed by atoms with Gasteiger partial charge in [-0.15, -0.1) is 23.1 Å². The fraction of sp³-hybridized carbons (Fsp3) is 0.385. The van der Waals surface area contributed by atoms with Crippen molar-refractivity contribution in [1.29, 1.82) is 0 Å². The maximum absolute atomic E-state index is 14.0. The quantitative estimate of drug-likeness (QED) is 0.0423. The van der Waals surface area contributed by atoms with Gasteiger partial charge in [0.1, 0.15) is 23.9 Å². The van der Waals surface area contributed by atoms with Gasteiger partial charge in [-0.05, 0) is 36.9 Å². The van der Waals surface area contributed by atoms with Gasteiger partial charge in [0, 0.05) is 24.0 Å². The van der Waals surface area contributed by atoms with Crippen molar-refractivity contribution in [1.82, 2.24) is 40.3 Å². The molecule has 2 atom stereocenters. The number of amides is 3. The Morgan fingerprint density at radius 3 is 2.47 bits per heavy atom. The molecule has 2 aromatic carbocycles. The number of nitrogens with one attached hydrogen (secondary N) is 3. The number of thioether (sulfide) groups is 1. The van der Waals surface area contributed by atoms with E-state index in [1.54, 1.807) is 38.7 Å². The van der Waals surface area contributed by atoms with E-state index in [9.17, 15) is 19.2 Å². The van der Waals surface area contributed by atoms with Crippen LogP contribution < -0.4 is 33.0 Å². The van der Waals surface area contributed by atoms with Crippen molar-refractivity contribution in [2.24, 2.45) is 5.16 Å². The third kappa shape index (κ3) is 9.94. The van der Waals surface area contributed by atoms with Crippen LogP contribution in [0.5, 0.6) is 0 Å². The molecule has 8 rings (SSSR count). The number of β-lactam (4-membered cyclic amide) rings is 1. The Balaban J connectivity index is 0.00000544. The first-order valence-corrected chi connectivity index (χ1v) is 20.9. The van der Waals surface area contributed by atoms with E-state index in [0.717, 1.165) is 41.2 Å². The molecular formula is C39H42ClN11O7S2. The first-order chi connectivity index (χ1) is 28.4. The van der Waals surface area contributed by atoms with E-state index in [1.165, 1.54) is 10.2 Å². The van der Waals surface area contributed by atoms with Crippen molar-refractivity contribution in [3.63, 3.8) is 0 Å². The standard InChI is InChI=1S/C39H41N11O7S2.ClH/c1-38(2,3)56-37(54)45-36-43-29(21-59-36)31(47-57-39(14-15-39)35(53)55-32(24-10-6-4-7-11-24)25-12-8-5-9-13-25)34(52)44-30-28(42-33(30)51)19-50-41-16-26(46-50)20-58-27-17-48-22-40-23-49(48)18-27;/h4-13,16,21-23,27-28,30,32H,14-15,17-20H2,1-3H3,(H2-,42,43,44,45,51,52,54);1H/b47-31+;/t28-,30+;/m1./s1. The molecule has 3 aromatic heterocycles. The van der Waals surface area contributed by atoms with Crippen molar-refractivity contribution in [2.75, 3.05) is 5.32 Å². The van der Waals surface area contributed by atoms with Gasteiger partial charge in [-0.3, -0.25) is 14.9 Å². The molecule has 0 spiro atoms. The van der Waals surface area contributed by atoms with Crippen molar-refractivity contribution >= 4 is 57.8 Å². The molecule has 2 fully saturated rings. The number of nitrogens with zero attached hydrogens (tertiary/aromatic N) is 8. The van der Waals surface area contributed by atoms with Crippen LogP contribution in [0.1, 0.15) is 62.2 Å². The maximum Gasteiger partial charge on any atom is 0.413 e. The average Bonchev–Trinajstić information content (AvgIpc) is 3.60. The molecule has 21 heteroatoms. The number of carbonyl (C=O) groups excluding carboxylic acids is 4. The molecule has 1 saturated heterocycles. The number of carbonyl (C=O) groups is 4. The van der Waals surface area contributed by atoms with E-state index in [1.807, 2.05) is 73.3 Å². The summed E-state index contributed by atoms with van der Waals surface area (Å²) in [5, 5.41) is 23.3. The molecule has 0 bridgehead atoms. The molecule has 3 amide bonds. The summed E-state index contributed by atoms with van der Waals surface area (Å²) < 4.78 is 15.6. The highest BCUT2D eigenvalue weighted by atomic mass is 35.5. The minimum atomic E-state index is -1.46. The first-order valence-electron chi connectivity index (χ1n) is 19.0. The second-order valence-electron chi connectivity index (χ2n) is 15.3. The number of benzene rings is 2. The van der Waals surface area contributed by atoms with Crippen LogP contribution in [-0.4, -0.2) is 87.8 Å². The zero-order chi connectivity index (χ0) is 41.1. The highest BCUT2D eigenvalue weighted by Gasteiger charge is 2.56. The molecule has 314 valence electrons. The molecular weight excluding hydrogens is 834 g/mol. The number of ether oxygens (including phenoxy) is 2. The topological polar surface area (TPSA) is 210 Å². The Morgan fingerprint density at radius 2 is 1.82 bits per heavy atom. The zero-order valence-corrected chi connectivity index (χ0v) is 35.2. The van der Waals surface area contributed by atoms with Crippen LogP contribution in [0, 0.1) is 0 Å². The summed E-state index contributed by atoms with van der Waals surface area (Å²) in [5.74, 6) is -1.20. The molecule has 0 unspecified atom stereocenters. The number of fused-ring (bicyclic) bond motifs is 1. The first kappa shape index (κ1) is 42.3. The predicted octanol–water partition coefficient (Wildman–Crippen LogP) is 0.155. The Bertz CT molecular complexity index is 2300. The van der Waals surface area contributed by atoms with E-state index in [2.05, 4.69) is 50.6 Å². The summed E-state index contributed by atoms with van der Waals surface area (Å²) in [6.45, 7) is 7.10. The van der Waals surface area contributed by atoms with Crippen LogP contribution in [0.25, 0.3) is 0 Å². The number of aromatic nitrogens is 7. The van der Waals surface area contributed by atoms with Crippen LogP contribution in [0.15, 0.2) is 90.1 Å². The molecule has 3 N–H and O–H groups in total. The largest absolute Gasteiger partial charge is 1.00 e. The summed E-state index contributed by atoms with van der Waals surface area (Å²) in [6.07, 6.45) is 4.44. The summed E-state index contributed by atoms with van der Waals surface area (Å²) in [6, 6.07) is 17.2. The summed E-state index contributed by atoms with van der Waals surface area (Å²) in [4.78, 5) is 69.1. The number of anilines is 1. The van der Waals surface area contributed by atoms with Crippen LogP contribution in [-0.2, 0) is 54.1 Å². The number of oxime groups is 1. The maximum atomic E-state index is 14.0. The molecule has 5 heterocycles. The van der Waals surface area contributed by atoms with E-state index in [-0.39, 0.29) is 35.5 Å². The van der Waals surface area contributed by atoms with Gasteiger partial charge in [0.25, 0.3) is 5.91 Å². The van der Waals surface area contributed by atoms with E-state index in [4.69, 9.17) is 14.3 Å². The van der Waals surface area contributed by atoms with Gasteiger partial charge < -0.3 is 37.4 Å². The molecule has 1 saturated carbocycles. The van der Waals surface area contributed by atoms with Gasteiger partial charge in [0.2, 0.25) is 17.8 Å². The van der Waals surface area contributed by atoms with Gasteiger partial charge in [-0.1, -0.05) is 65.8 Å². The fourth-order valence-corrected chi connectivity index (χ4v) is 8.19.